The highest BCUT2D eigenvalue weighted by atomic mass is 32.2. The van der Waals surface area contributed by atoms with E-state index in [0.717, 1.165) is 39.2 Å². The van der Waals surface area contributed by atoms with E-state index in [2.05, 4.69) is 53.6 Å². The Morgan fingerprint density at radius 3 is 2.38 bits per heavy atom. The van der Waals surface area contributed by atoms with Crippen molar-refractivity contribution in [3.05, 3.63) is 53.7 Å². The Labute approximate surface area is 194 Å². The lowest BCUT2D eigenvalue weighted by molar-refractivity contribution is 0.288. The van der Waals surface area contributed by atoms with Gasteiger partial charge in [0.05, 0.1) is 13.2 Å². The van der Waals surface area contributed by atoms with Gasteiger partial charge in [-0.3, -0.25) is 5.10 Å². The van der Waals surface area contributed by atoms with Gasteiger partial charge in [0, 0.05) is 16.9 Å². The molecule has 0 atom stereocenters. The summed E-state index contributed by atoms with van der Waals surface area (Å²) in [6, 6.07) is 14.4. The average molecular weight is 453 g/mol. The number of nitrogens with one attached hydrogen (secondary N) is 2. The van der Waals surface area contributed by atoms with Crippen LogP contribution in [0.25, 0.3) is 11.1 Å². The smallest absolute Gasteiger partial charge is 0.184 e. The molecule has 0 aliphatic heterocycles. The maximum atomic E-state index is 5.81. The molecule has 2 aromatic carbocycles. The van der Waals surface area contributed by atoms with Gasteiger partial charge >= 0.3 is 0 Å². The van der Waals surface area contributed by atoms with Crippen molar-refractivity contribution in [3.8, 4) is 22.6 Å². The molecule has 32 heavy (non-hydrogen) atoms. The number of hydrogen-bond donors (Lipinski definition) is 2. The summed E-state index contributed by atoms with van der Waals surface area (Å²) in [7, 11) is 0. The Morgan fingerprint density at radius 1 is 1.06 bits per heavy atom. The standard InChI is InChI=1S/C25H32N4O2S/c1-7-30-21-14-11-19(15-22(21)31-8-2)23-17(5)28-29-24(23)27-25(32-6)26-20-12-9-18(10-13-20)16(3)4/h9-16H,7-8H2,1-6H3,(H2,26,27,28,29). The molecule has 0 aliphatic rings. The van der Waals surface area contributed by atoms with E-state index in [9.17, 15) is 0 Å². The molecule has 0 fully saturated rings. The predicted octanol–water partition coefficient (Wildman–Crippen LogP) is 6.77. The molecule has 6 nitrogen and oxygen atoms in total. The van der Waals surface area contributed by atoms with Crippen LogP contribution in [0, 0.1) is 6.92 Å². The number of aromatic amines is 1. The lowest BCUT2D eigenvalue weighted by Gasteiger charge is -2.13. The zero-order valence-corrected chi connectivity index (χ0v) is 20.5. The fourth-order valence-corrected chi connectivity index (χ4v) is 3.74. The Balaban J connectivity index is 1.93. The number of aryl methyl sites for hydroxylation is 1. The highest BCUT2D eigenvalue weighted by molar-refractivity contribution is 8.13. The van der Waals surface area contributed by atoms with E-state index in [0.29, 0.717) is 24.9 Å². The van der Waals surface area contributed by atoms with Crippen LogP contribution in [0.4, 0.5) is 11.5 Å². The number of rotatable bonds is 8. The summed E-state index contributed by atoms with van der Waals surface area (Å²) >= 11 is 1.54. The van der Waals surface area contributed by atoms with Crippen molar-refractivity contribution < 1.29 is 9.47 Å². The number of nitrogens with zero attached hydrogens (tertiary/aromatic N) is 2. The molecule has 0 spiro atoms. The molecule has 1 heterocycles. The normalized spacial score (nSPS) is 11.7. The molecule has 1 aromatic heterocycles. The monoisotopic (exact) mass is 452 g/mol. The summed E-state index contributed by atoms with van der Waals surface area (Å²) in [5, 5.41) is 11.7. The van der Waals surface area contributed by atoms with Gasteiger partial charge < -0.3 is 14.8 Å². The van der Waals surface area contributed by atoms with Crippen molar-refractivity contribution in [1.82, 2.24) is 10.2 Å². The first-order valence-corrected chi connectivity index (χ1v) is 12.1. The van der Waals surface area contributed by atoms with Crippen LogP contribution in [-0.4, -0.2) is 34.8 Å². The number of ether oxygens (including phenoxy) is 2. The van der Waals surface area contributed by atoms with Gasteiger partial charge in [0.1, 0.15) is 0 Å². The van der Waals surface area contributed by atoms with E-state index in [-0.39, 0.29) is 0 Å². The Kier molecular flexibility index (Phi) is 8.22. The van der Waals surface area contributed by atoms with E-state index in [1.165, 1.54) is 5.56 Å². The molecule has 0 saturated carbocycles. The largest absolute Gasteiger partial charge is 0.490 e. The second-order valence-corrected chi connectivity index (χ2v) is 8.39. The third kappa shape index (κ3) is 5.65. The number of aliphatic imine (C=N–C) groups is 1. The predicted molar refractivity (Wildman–Crippen MR) is 136 cm³/mol. The SMILES string of the molecule is CCOc1ccc(-c2c(N=C(Nc3ccc(C(C)C)cc3)SC)n[nH]c2C)cc1OCC. The molecular weight excluding hydrogens is 420 g/mol. The van der Waals surface area contributed by atoms with Crippen LogP contribution >= 0.6 is 11.8 Å². The van der Waals surface area contributed by atoms with E-state index in [4.69, 9.17) is 14.5 Å². The Hall–Kier alpha value is -2.93. The summed E-state index contributed by atoms with van der Waals surface area (Å²) in [5.74, 6) is 2.59. The van der Waals surface area contributed by atoms with Crippen LogP contribution < -0.4 is 14.8 Å². The molecular formula is C25H32N4O2S. The summed E-state index contributed by atoms with van der Waals surface area (Å²) in [6.07, 6.45) is 2.00. The topological polar surface area (TPSA) is 71.5 Å². The molecule has 0 saturated heterocycles. The average Bonchev–Trinajstić information content (AvgIpc) is 3.15. The molecule has 2 N–H and O–H groups in total. The van der Waals surface area contributed by atoms with E-state index in [1.54, 1.807) is 11.8 Å². The van der Waals surface area contributed by atoms with Gasteiger partial charge in [0.15, 0.2) is 22.5 Å². The third-order valence-corrected chi connectivity index (χ3v) is 5.57. The summed E-state index contributed by atoms with van der Waals surface area (Å²) in [6.45, 7) is 11.5. The van der Waals surface area contributed by atoms with E-state index >= 15 is 0 Å². The fraction of sp³-hybridized carbons (Fsp3) is 0.360. The van der Waals surface area contributed by atoms with Gasteiger partial charge in [-0.25, -0.2) is 4.99 Å². The molecule has 7 heteroatoms. The van der Waals surface area contributed by atoms with Gasteiger partial charge in [-0.05, 0) is 68.3 Å². The molecule has 0 bridgehead atoms. The van der Waals surface area contributed by atoms with Crippen LogP contribution in [0.2, 0.25) is 0 Å². The van der Waals surface area contributed by atoms with E-state index < -0.39 is 0 Å². The number of H-pyrrole nitrogens is 1. The maximum absolute atomic E-state index is 5.81. The molecule has 170 valence electrons. The maximum Gasteiger partial charge on any atom is 0.184 e. The van der Waals surface area contributed by atoms with Crippen molar-refractivity contribution in [1.29, 1.82) is 0 Å². The van der Waals surface area contributed by atoms with Crippen LogP contribution in [0.3, 0.4) is 0 Å². The van der Waals surface area contributed by atoms with E-state index in [1.807, 2.05) is 45.2 Å². The first-order chi connectivity index (χ1) is 15.5. The highest BCUT2D eigenvalue weighted by Crippen LogP contribution is 2.38. The second kappa shape index (κ2) is 11.1. The quantitative estimate of drug-likeness (QED) is 0.291. The fourth-order valence-electron chi connectivity index (χ4n) is 3.35. The number of benzene rings is 2. The van der Waals surface area contributed by atoms with Crippen molar-refractivity contribution >= 4 is 28.4 Å². The lowest BCUT2D eigenvalue weighted by atomic mass is 10.0. The lowest BCUT2D eigenvalue weighted by Crippen LogP contribution is -2.07. The Morgan fingerprint density at radius 2 is 1.75 bits per heavy atom. The van der Waals surface area contributed by atoms with Crippen LogP contribution in [0.5, 0.6) is 11.5 Å². The van der Waals surface area contributed by atoms with Gasteiger partial charge in [0.2, 0.25) is 0 Å². The molecule has 3 rings (SSSR count). The van der Waals surface area contributed by atoms with Gasteiger partial charge in [0.25, 0.3) is 0 Å². The zero-order chi connectivity index (χ0) is 23.1. The van der Waals surface area contributed by atoms with Gasteiger partial charge in [-0.1, -0.05) is 43.8 Å². The van der Waals surface area contributed by atoms with Crippen LogP contribution in [0.15, 0.2) is 47.5 Å². The number of anilines is 1. The van der Waals surface area contributed by atoms with Crippen LogP contribution in [-0.2, 0) is 0 Å². The minimum absolute atomic E-state index is 0.503. The van der Waals surface area contributed by atoms with Crippen molar-refractivity contribution in [2.24, 2.45) is 4.99 Å². The number of amidine groups is 1. The zero-order valence-electron chi connectivity index (χ0n) is 19.7. The van der Waals surface area contributed by atoms with Gasteiger partial charge in [-0.2, -0.15) is 5.10 Å². The van der Waals surface area contributed by atoms with Crippen molar-refractivity contribution in [2.45, 2.75) is 40.5 Å². The summed E-state index contributed by atoms with van der Waals surface area (Å²) < 4.78 is 11.5. The minimum Gasteiger partial charge on any atom is -0.490 e. The first kappa shape index (κ1) is 23.7. The van der Waals surface area contributed by atoms with Crippen molar-refractivity contribution in [2.75, 3.05) is 24.8 Å². The molecule has 3 aromatic rings. The van der Waals surface area contributed by atoms with Crippen LogP contribution in [0.1, 0.15) is 44.9 Å². The second-order valence-electron chi connectivity index (χ2n) is 7.60. The third-order valence-electron chi connectivity index (χ3n) is 4.99. The minimum atomic E-state index is 0.503. The number of hydrogen-bond acceptors (Lipinski definition) is 5. The summed E-state index contributed by atoms with van der Waals surface area (Å²) in [5.41, 5.74) is 5.17. The molecule has 0 unspecified atom stereocenters. The highest BCUT2D eigenvalue weighted by Gasteiger charge is 2.16. The van der Waals surface area contributed by atoms with Gasteiger partial charge in [-0.15, -0.1) is 0 Å². The molecule has 0 amide bonds. The molecule has 0 aliphatic carbocycles. The molecule has 0 radical (unpaired) electrons. The number of thioether (sulfide) groups is 1. The Bertz CT molecular complexity index is 1060. The number of aromatic nitrogens is 2. The summed E-state index contributed by atoms with van der Waals surface area (Å²) in [4.78, 5) is 4.82. The first-order valence-electron chi connectivity index (χ1n) is 10.9. The van der Waals surface area contributed by atoms with Crippen molar-refractivity contribution in [3.63, 3.8) is 0 Å².